The minimum Gasteiger partial charge on any atom is -0.316 e. The van der Waals surface area contributed by atoms with Gasteiger partial charge in [0.1, 0.15) is 5.15 Å². The summed E-state index contributed by atoms with van der Waals surface area (Å²) in [5, 5.41) is 12.6. The molecular weight excluding hydrogens is 300 g/mol. The van der Waals surface area contributed by atoms with Crippen LogP contribution in [0.4, 0.5) is 0 Å². The van der Waals surface area contributed by atoms with Gasteiger partial charge in [0.2, 0.25) is 0 Å². The Labute approximate surface area is 133 Å². The van der Waals surface area contributed by atoms with E-state index in [1.807, 2.05) is 25.5 Å². The highest BCUT2D eigenvalue weighted by molar-refractivity contribution is 6.29. The molecular formula is C15H17ClN6. The maximum absolute atomic E-state index is 6.41. The van der Waals surface area contributed by atoms with Crippen LogP contribution in [0.1, 0.15) is 24.5 Å². The Morgan fingerprint density at radius 2 is 2.23 bits per heavy atom. The van der Waals surface area contributed by atoms with Crippen molar-refractivity contribution in [2.24, 2.45) is 7.05 Å². The fourth-order valence-electron chi connectivity index (χ4n) is 3.02. The van der Waals surface area contributed by atoms with Crippen LogP contribution in [0.15, 0.2) is 24.7 Å². The van der Waals surface area contributed by atoms with Gasteiger partial charge in [-0.3, -0.25) is 4.68 Å². The van der Waals surface area contributed by atoms with Crippen molar-refractivity contribution >= 4 is 17.2 Å². The molecule has 1 fully saturated rings. The van der Waals surface area contributed by atoms with E-state index in [1.165, 1.54) is 6.42 Å². The molecule has 114 valence electrons. The van der Waals surface area contributed by atoms with Gasteiger partial charge < -0.3 is 5.32 Å². The Hall–Kier alpha value is -1.92. The van der Waals surface area contributed by atoms with Gasteiger partial charge in [-0.05, 0) is 25.5 Å². The Kier molecular flexibility index (Phi) is 3.35. The fraction of sp³-hybridized carbons (Fsp3) is 0.400. The number of halogens is 1. The Morgan fingerprint density at radius 1 is 1.32 bits per heavy atom. The van der Waals surface area contributed by atoms with Crippen molar-refractivity contribution in [3.05, 3.63) is 35.5 Å². The van der Waals surface area contributed by atoms with E-state index in [2.05, 4.69) is 15.5 Å². The highest BCUT2D eigenvalue weighted by atomic mass is 35.5. The van der Waals surface area contributed by atoms with Crippen LogP contribution < -0.4 is 5.32 Å². The molecule has 4 heterocycles. The molecule has 7 heteroatoms. The van der Waals surface area contributed by atoms with Gasteiger partial charge in [0.25, 0.3) is 0 Å². The summed E-state index contributed by atoms with van der Waals surface area (Å²) in [5.41, 5.74) is 3.79. The zero-order valence-corrected chi connectivity index (χ0v) is 13.1. The van der Waals surface area contributed by atoms with E-state index in [0.29, 0.717) is 11.1 Å². The van der Waals surface area contributed by atoms with Crippen LogP contribution in [0.3, 0.4) is 0 Å². The van der Waals surface area contributed by atoms with Gasteiger partial charge in [-0.15, -0.1) is 0 Å². The predicted molar refractivity (Wildman–Crippen MR) is 85.0 cm³/mol. The van der Waals surface area contributed by atoms with Crippen LogP contribution in [0.5, 0.6) is 0 Å². The van der Waals surface area contributed by atoms with Crippen LogP contribution in [-0.2, 0) is 7.05 Å². The molecule has 1 aliphatic heterocycles. The molecule has 0 saturated carbocycles. The molecule has 1 unspecified atom stereocenters. The highest BCUT2D eigenvalue weighted by Crippen LogP contribution is 2.29. The van der Waals surface area contributed by atoms with Gasteiger partial charge in [0.15, 0.2) is 5.65 Å². The fourth-order valence-corrected chi connectivity index (χ4v) is 3.26. The number of hydrogen-bond donors (Lipinski definition) is 1. The first-order valence-electron chi connectivity index (χ1n) is 7.46. The summed E-state index contributed by atoms with van der Waals surface area (Å²) in [6.07, 6.45) is 7.89. The highest BCUT2D eigenvalue weighted by Gasteiger charge is 2.20. The van der Waals surface area contributed by atoms with Crippen LogP contribution in [0.25, 0.3) is 16.8 Å². The van der Waals surface area contributed by atoms with E-state index in [4.69, 9.17) is 16.6 Å². The van der Waals surface area contributed by atoms with Crippen molar-refractivity contribution in [1.29, 1.82) is 0 Å². The molecule has 3 aromatic heterocycles. The lowest BCUT2D eigenvalue weighted by atomic mass is 9.96. The second-order valence-corrected chi connectivity index (χ2v) is 6.13. The standard InChI is InChI=1S/C15H17ClN6/c1-21-9-11(7-18-21)12-8-19-22-14(16)5-13(20-15(12)22)10-3-2-4-17-6-10/h5,7-10,17H,2-4,6H2,1H3. The Balaban J connectivity index is 1.84. The number of nitrogens with zero attached hydrogens (tertiary/aromatic N) is 5. The number of nitrogens with one attached hydrogen (secondary N) is 1. The van der Waals surface area contributed by atoms with Crippen molar-refractivity contribution < 1.29 is 0 Å². The van der Waals surface area contributed by atoms with Gasteiger partial charge in [0, 0.05) is 36.8 Å². The number of fused-ring (bicyclic) bond motifs is 1. The number of aromatic nitrogens is 5. The maximum Gasteiger partial charge on any atom is 0.164 e. The largest absolute Gasteiger partial charge is 0.316 e. The van der Waals surface area contributed by atoms with Crippen molar-refractivity contribution in [2.45, 2.75) is 18.8 Å². The first-order valence-corrected chi connectivity index (χ1v) is 7.84. The van der Waals surface area contributed by atoms with Gasteiger partial charge in [0.05, 0.1) is 18.1 Å². The van der Waals surface area contributed by atoms with Gasteiger partial charge >= 0.3 is 0 Å². The van der Waals surface area contributed by atoms with Crippen LogP contribution in [0, 0.1) is 0 Å². The summed E-state index contributed by atoms with van der Waals surface area (Å²) in [7, 11) is 1.90. The predicted octanol–water partition coefficient (Wildman–Crippen LogP) is 2.25. The van der Waals surface area contributed by atoms with Crippen LogP contribution in [0.2, 0.25) is 5.15 Å². The monoisotopic (exact) mass is 316 g/mol. The summed E-state index contributed by atoms with van der Waals surface area (Å²) in [4.78, 5) is 4.84. The summed E-state index contributed by atoms with van der Waals surface area (Å²) < 4.78 is 3.46. The van der Waals surface area contributed by atoms with E-state index in [9.17, 15) is 0 Å². The Bertz CT molecular complexity index is 815. The van der Waals surface area contributed by atoms with Gasteiger partial charge in [-0.1, -0.05) is 11.6 Å². The number of piperidine rings is 1. The molecule has 0 aliphatic carbocycles. The average molecular weight is 317 g/mol. The first-order chi connectivity index (χ1) is 10.7. The first kappa shape index (κ1) is 13.7. The smallest absolute Gasteiger partial charge is 0.164 e. The lowest BCUT2D eigenvalue weighted by Gasteiger charge is -2.22. The third-order valence-electron chi connectivity index (χ3n) is 4.18. The quantitative estimate of drug-likeness (QED) is 0.737. The van der Waals surface area contributed by atoms with Crippen molar-refractivity contribution in [3.8, 4) is 11.1 Å². The normalized spacial score (nSPS) is 18.9. The van der Waals surface area contributed by atoms with E-state index >= 15 is 0 Å². The summed E-state index contributed by atoms with van der Waals surface area (Å²) in [6, 6.07) is 1.94. The number of aryl methyl sites for hydroxylation is 1. The number of hydrogen-bond acceptors (Lipinski definition) is 4. The maximum atomic E-state index is 6.41. The average Bonchev–Trinajstić information content (AvgIpc) is 3.14. The molecule has 6 nitrogen and oxygen atoms in total. The minimum absolute atomic E-state index is 0.410. The van der Waals surface area contributed by atoms with Crippen LogP contribution in [-0.4, -0.2) is 37.5 Å². The summed E-state index contributed by atoms with van der Waals surface area (Å²) in [6.45, 7) is 2.04. The van der Waals surface area contributed by atoms with Crippen molar-refractivity contribution in [2.75, 3.05) is 13.1 Å². The minimum atomic E-state index is 0.410. The molecule has 22 heavy (non-hydrogen) atoms. The van der Waals surface area contributed by atoms with E-state index in [1.54, 1.807) is 15.4 Å². The molecule has 4 rings (SSSR count). The molecule has 0 spiro atoms. The summed E-state index contributed by atoms with van der Waals surface area (Å²) >= 11 is 6.41. The second kappa shape index (κ2) is 5.37. The molecule has 0 radical (unpaired) electrons. The Morgan fingerprint density at radius 3 is 2.95 bits per heavy atom. The van der Waals surface area contributed by atoms with E-state index in [-0.39, 0.29) is 0 Å². The SMILES string of the molecule is Cn1cc(-c2cnn3c(Cl)cc(C4CCCNC4)nc23)cn1. The zero-order chi connectivity index (χ0) is 15.1. The van der Waals surface area contributed by atoms with Gasteiger partial charge in [-0.25, -0.2) is 9.50 Å². The third-order valence-corrected chi connectivity index (χ3v) is 4.45. The van der Waals surface area contributed by atoms with Gasteiger partial charge in [-0.2, -0.15) is 10.2 Å². The lowest BCUT2D eigenvalue weighted by Crippen LogP contribution is -2.29. The van der Waals surface area contributed by atoms with Crippen molar-refractivity contribution in [3.63, 3.8) is 0 Å². The molecule has 3 aromatic rings. The molecule has 0 aromatic carbocycles. The van der Waals surface area contributed by atoms with Crippen molar-refractivity contribution in [1.82, 2.24) is 29.7 Å². The van der Waals surface area contributed by atoms with Crippen LogP contribution >= 0.6 is 11.6 Å². The lowest BCUT2D eigenvalue weighted by molar-refractivity contribution is 0.455. The molecule has 1 N–H and O–H groups in total. The number of rotatable bonds is 2. The third kappa shape index (κ3) is 2.28. The second-order valence-electron chi connectivity index (χ2n) is 5.74. The van der Waals surface area contributed by atoms with E-state index in [0.717, 1.165) is 42.0 Å². The topological polar surface area (TPSA) is 60.0 Å². The molecule has 1 aliphatic rings. The molecule has 0 amide bonds. The van der Waals surface area contributed by atoms with E-state index < -0.39 is 0 Å². The molecule has 1 atom stereocenters. The molecule has 0 bridgehead atoms. The molecule has 1 saturated heterocycles. The zero-order valence-electron chi connectivity index (χ0n) is 12.3. The summed E-state index contributed by atoms with van der Waals surface area (Å²) in [5.74, 6) is 0.410.